The summed E-state index contributed by atoms with van der Waals surface area (Å²) in [5.41, 5.74) is 0.510. The number of carbonyl (C=O) groups is 2. The maximum Gasteiger partial charge on any atom is 0.210 e. The molecule has 1 atom stereocenters. The van der Waals surface area contributed by atoms with Gasteiger partial charge < -0.3 is 4.42 Å². The normalized spacial score (nSPS) is 18.4. The molecule has 0 saturated carbocycles. The van der Waals surface area contributed by atoms with Crippen molar-refractivity contribution >= 4 is 11.6 Å². The van der Waals surface area contributed by atoms with Crippen molar-refractivity contribution in [1.29, 1.82) is 0 Å². The Morgan fingerprint density at radius 1 is 1.33 bits per heavy atom. The summed E-state index contributed by atoms with van der Waals surface area (Å²) in [6.07, 6.45) is 5.52. The lowest BCUT2D eigenvalue weighted by atomic mass is 9.84. The number of hydrogen-bond donors (Lipinski definition) is 0. The first-order chi connectivity index (χ1) is 8.77. The Kier molecular flexibility index (Phi) is 2.51. The molecule has 1 aliphatic rings. The van der Waals surface area contributed by atoms with Crippen LogP contribution in [0, 0.1) is 5.92 Å². The van der Waals surface area contributed by atoms with Crippen LogP contribution in [0.3, 0.4) is 0 Å². The topological polar surface area (TPSA) is 73.1 Å². The molecule has 0 aromatic carbocycles. The minimum Gasteiger partial charge on any atom is -0.469 e. The molecule has 0 bridgehead atoms. The summed E-state index contributed by atoms with van der Waals surface area (Å²) in [6.45, 7) is 0. The Bertz CT molecular complexity index is 604. The summed E-state index contributed by atoms with van der Waals surface area (Å²) in [6, 6.07) is 3.25. The van der Waals surface area contributed by atoms with Gasteiger partial charge in [0.25, 0.3) is 0 Å². The Balaban J connectivity index is 1.92. The van der Waals surface area contributed by atoms with Crippen molar-refractivity contribution in [2.45, 2.75) is 12.8 Å². The standard InChI is InChI=1S/C13H10N2O3/c16-11-8-4-7-18-10(8)3-2-9(11)12(17)13-14-5-1-6-15-13/h1,4-7,9H,2-3H2. The zero-order valence-corrected chi connectivity index (χ0v) is 9.50. The van der Waals surface area contributed by atoms with E-state index in [1.54, 1.807) is 12.1 Å². The van der Waals surface area contributed by atoms with Crippen molar-refractivity contribution in [3.63, 3.8) is 0 Å². The number of rotatable bonds is 2. The highest BCUT2D eigenvalue weighted by Crippen LogP contribution is 2.27. The fraction of sp³-hybridized carbons (Fsp3) is 0.231. The number of nitrogens with zero attached hydrogens (tertiary/aromatic N) is 2. The Hall–Kier alpha value is -2.30. The van der Waals surface area contributed by atoms with Crippen LogP contribution >= 0.6 is 0 Å². The Labute approximate surface area is 103 Å². The third kappa shape index (κ3) is 1.64. The highest BCUT2D eigenvalue weighted by molar-refractivity contribution is 6.15. The highest BCUT2D eigenvalue weighted by Gasteiger charge is 2.35. The lowest BCUT2D eigenvalue weighted by Gasteiger charge is -2.17. The lowest BCUT2D eigenvalue weighted by molar-refractivity contribution is 0.0780. The quantitative estimate of drug-likeness (QED) is 0.592. The summed E-state index contributed by atoms with van der Waals surface area (Å²) in [5, 5.41) is 0. The number of hydrogen-bond acceptors (Lipinski definition) is 5. The first-order valence-electron chi connectivity index (χ1n) is 5.69. The van der Waals surface area contributed by atoms with E-state index in [2.05, 4.69) is 9.97 Å². The van der Waals surface area contributed by atoms with Gasteiger partial charge in [-0.15, -0.1) is 0 Å². The molecule has 0 aliphatic heterocycles. The van der Waals surface area contributed by atoms with Crippen molar-refractivity contribution in [1.82, 2.24) is 9.97 Å². The first-order valence-corrected chi connectivity index (χ1v) is 5.69. The van der Waals surface area contributed by atoms with Gasteiger partial charge in [0.05, 0.1) is 17.7 Å². The fourth-order valence-electron chi connectivity index (χ4n) is 2.18. The van der Waals surface area contributed by atoms with Gasteiger partial charge in [0.1, 0.15) is 5.76 Å². The average molecular weight is 242 g/mol. The van der Waals surface area contributed by atoms with E-state index in [-0.39, 0.29) is 17.4 Å². The SMILES string of the molecule is O=C(c1ncccn1)C1CCc2occc2C1=O. The molecule has 1 unspecified atom stereocenters. The number of aryl methyl sites for hydroxylation is 1. The van der Waals surface area contributed by atoms with E-state index in [0.717, 1.165) is 0 Å². The zero-order chi connectivity index (χ0) is 12.5. The number of aromatic nitrogens is 2. The molecule has 0 fully saturated rings. The molecule has 0 amide bonds. The molecule has 0 saturated heterocycles. The second-order valence-electron chi connectivity index (χ2n) is 4.15. The molecular weight excluding hydrogens is 232 g/mol. The molecule has 0 N–H and O–H groups in total. The minimum absolute atomic E-state index is 0.0998. The van der Waals surface area contributed by atoms with Gasteiger partial charge in [0, 0.05) is 18.8 Å². The third-order valence-corrected chi connectivity index (χ3v) is 3.09. The first kappa shape index (κ1) is 10.8. The van der Waals surface area contributed by atoms with Gasteiger partial charge in [-0.1, -0.05) is 0 Å². The van der Waals surface area contributed by atoms with Gasteiger partial charge >= 0.3 is 0 Å². The van der Waals surface area contributed by atoms with Gasteiger partial charge in [-0.25, -0.2) is 9.97 Å². The van der Waals surface area contributed by atoms with Crippen LogP contribution in [-0.4, -0.2) is 21.5 Å². The summed E-state index contributed by atoms with van der Waals surface area (Å²) < 4.78 is 5.20. The number of ketones is 2. The van der Waals surface area contributed by atoms with Crippen molar-refractivity contribution in [2.75, 3.05) is 0 Å². The van der Waals surface area contributed by atoms with Crippen LogP contribution in [0.4, 0.5) is 0 Å². The van der Waals surface area contributed by atoms with Crippen LogP contribution in [-0.2, 0) is 6.42 Å². The summed E-state index contributed by atoms with van der Waals surface area (Å²) in [5.74, 6) is -0.423. The number of carbonyl (C=O) groups excluding carboxylic acids is 2. The maximum atomic E-state index is 12.2. The number of Topliss-reactive ketones (excluding diaryl/α,β-unsaturated/α-hetero) is 2. The predicted octanol–water partition coefficient (Wildman–Crippen LogP) is 1.70. The molecule has 2 heterocycles. The van der Waals surface area contributed by atoms with E-state index < -0.39 is 5.92 Å². The molecule has 2 aromatic rings. The lowest BCUT2D eigenvalue weighted by Crippen LogP contribution is -2.29. The number of furan rings is 1. The molecule has 5 nitrogen and oxygen atoms in total. The molecule has 1 aliphatic carbocycles. The van der Waals surface area contributed by atoms with Crippen LogP contribution in [0.5, 0.6) is 0 Å². The third-order valence-electron chi connectivity index (χ3n) is 3.09. The molecular formula is C13H10N2O3. The van der Waals surface area contributed by atoms with Gasteiger partial charge in [-0.2, -0.15) is 0 Å². The van der Waals surface area contributed by atoms with Crippen molar-refractivity contribution < 1.29 is 14.0 Å². The van der Waals surface area contributed by atoms with Crippen molar-refractivity contribution in [2.24, 2.45) is 5.92 Å². The Morgan fingerprint density at radius 3 is 2.89 bits per heavy atom. The molecule has 90 valence electrons. The smallest absolute Gasteiger partial charge is 0.210 e. The monoisotopic (exact) mass is 242 g/mol. The van der Waals surface area contributed by atoms with Crippen LogP contribution in [0.1, 0.15) is 33.2 Å². The van der Waals surface area contributed by atoms with Gasteiger partial charge in [0.15, 0.2) is 11.6 Å². The number of fused-ring (bicyclic) bond motifs is 1. The largest absolute Gasteiger partial charge is 0.469 e. The van der Waals surface area contributed by atoms with Crippen LogP contribution in [0.15, 0.2) is 35.2 Å². The van der Waals surface area contributed by atoms with Gasteiger partial charge in [0.2, 0.25) is 5.78 Å². The molecule has 3 rings (SSSR count). The maximum absolute atomic E-state index is 12.2. The van der Waals surface area contributed by atoms with Crippen LogP contribution in [0.2, 0.25) is 0 Å². The Morgan fingerprint density at radius 2 is 2.11 bits per heavy atom. The van der Waals surface area contributed by atoms with E-state index in [1.165, 1.54) is 18.7 Å². The summed E-state index contributed by atoms with van der Waals surface area (Å²) in [4.78, 5) is 32.1. The minimum atomic E-state index is -0.683. The van der Waals surface area contributed by atoms with Crippen LogP contribution < -0.4 is 0 Å². The summed E-state index contributed by atoms with van der Waals surface area (Å²) in [7, 11) is 0. The highest BCUT2D eigenvalue weighted by atomic mass is 16.3. The van der Waals surface area contributed by atoms with E-state index in [1.807, 2.05) is 0 Å². The van der Waals surface area contributed by atoms with Crippen molar-refractivity contribution in [3.05, 3.63) is 47.9 Å². The zero-order valence-electron chi connectivity index (χ0n) is 9.50. The van der Waals surface area contributed by atoms with Gasteiger partial charge in [-0.05, 0) is 18.6 Å². The van der Waals surface area contributed by atoms with E-state index in [4.69, 9.17) is 4.42 Å². The summed E-state index contributed by atoms with van der Waals surface area (Å²) >= 11 is 0. The fourth-order valence-corrected chi connectivity index (χ4v) is 2.18. The predicted molar refractivity (Wildman–Crippen MR) is 61.2 cm³/mol. The molecule has 18 heavy (non-hydrogen) atoms. The molecule has 0 spiro atoms. The van der Waals surface area contributed by atoms with E-state index >= 15 is 0 Å². The average Bonchev–Trinajstić information content (AvgIpc) is 2.89. The molecule has 2 aromatic heterocycles. The van der Waals surface area contributed by atoms with Gasteiger partial charge in [-0.3, -0.25) is 9.59 Å². The van der Waals surface area contributed by atoms with Crippen molar-refractivity contribution in [3.8, 4) is 0 Å². The second kappa shape index (κ2) is 4.18. The second-order valence-corrected chi connectivity index (χ2v) is 4.15. The molecule has 0 radical (unpaired) electrons. The molecule has 5 heteroatoms. The van der Waals surface area contributed by atoms with Crippen LogP contribution in [0.25, 0.3) is 0 Å². The van der Waals surface area contributed by atoms with E-state index in [9.17, 15) is 9.59 Å². The van der Waals surface area contributed by atoms with E-state index in [0.29, 0.717) is 24.2 Å².